The van der Waals surface area contributed by atoms with Gasteiger partial charge in [0.15, 0.2) is 0 Å². The summed E-state index contributed by atoms with van der Waals surface area (Å²) in [6.45, 7) is 4.91. The first-order valence-corrected chi connectivity index (χ1v) is 6.61. The first-order valence-electron chi connectivity index (χ1n) is 6.61. The summed E-state index contributed by atoms with van der Waals surface area (Å²) < 4.78 is 9.94. The molecule has 3 rings (SSSR count). The van der Waals surface area contributed by atoms with E-state index in [1.165, 1.54) is 7.11 Å². The number of esters is 1. The molecule has 20 heavy (non-hydrogen) atoms. The van der Waals surface area contributed by atoms with Gasteiger partial charge in [-0.05, 0) is 31.5 Å². The maximum atomic E-state index is 12.6. The third-order valence-corrected chi connectivity index (χ3v) is 4.09. The monoisotopic (exact) mass is 275 g/mol. The van der Waals surface area contributed by atoms with Crippen LogP contribution in [0.1, 0.15) is 29.8 Å². The molecular formula is C15H17NO4. The highest BCUT2D eigenvalue weighted by Crippen LogP contribution is 2.43. The number of nitrogens with zero attached hydrogens (tertiary/aromatic N) is 1. The van der Waals surface area contributed by atoms with Gasteiger partial charge in [0.25, 0.3) is 0 Å². The van der Waals surface area contributed by atoms with Crippen LogP contribution in [0.2, 0.25) is 0 Å². The summed E-state index contributed by atoms with van der Waals surface area (Å²) in [4.78, 5) is 26.1. The van der Waals surface area contributed by atoms with E-state index in [-0.39, 0.29) is 11.9 Å². The summed E-state index contributed by atoms with van der Waals surface area (Å²) in [5.74, 6) is -0.336. The zero-order chi connectivity index (χ0) is 14.5. The van der Waals surface area contributed by atoms with E-state index in [1.807, 2.05) is 19.9 Å². The van der Waals surface area contributed by atoms with Gasteiger partial charge in [-0.2, -0.15) is 0 Å². The third-order valence-electron chi connectivity index (χ3n) is 4.09. The van der Waals surface area contributed by atoms with E-state index < -0.39 is 11.4 Å². The lowest BCUT2D eigenvalue weighted by atomic mass is 9.86. The number of fused-ring (bicyclic) bond motifs is 1. The number of hydrogen-bond acceptors (Lipinski definition) is 4. The Morgan fingerprint density at radius 1 is 1.40 bits per heavy atom. The predicted molar refractivity (Wildman–Crippen MR) is 72.9 cm³/mol. The molecule has 5 nitrogen and oxygen atoms in total. The highest BCUT2D eigenvalue weighted by atomic mass is 16.5. The van der Waals surface area contributed by atoms with Crippen LogP contribution < -0.4 is 4.90 Å². The average molecular weight is 275 g/mol. The van der Waals surface area contributed by atoms with Crippen molar-refractivity contribution in [3.05, 3.63) is 29.3 Å². The maximum absolute atomic E-state index is 12.6. The summed E-state index contributed by atoms with van der Waals surface area (Å²) in [5, 5.41) is 0. The molecule has 0 N–H and O–H groups in total. The van der Waals surface area contributed by atoms with E-state index >= 15 is 0 Å². The first-order chi connectivity index (χ1) is 9.46. The second-order valence-electron chi connectivity index (χ2n) is 5.71. The minimum atomic E-state index is -0.570. The van der Waals surface area contributed by atoms with Crippen molar-refractivity contribution in [1.29, 1.82) is 0 Å². The van der Waals surface area contributed by atoms with Crippen molar-refractivity contribution >= 4 is 17.6 Å². The Balaban J connectivity index is 2.10. The Morgan fingerprint density at radius 2 is 2.10 bits per heavy atom. The van der Waals surface area contributed by atoms with Crippen LogP contribution in [0.15, 0.2) is 18.2 Å². The molecule has 0 unspecified atom stereocenters. The predicted octanol–water partition coefficient (Wildman–Crippen LogP) is 1.50. The number of carbonyl (C=O) groups is 2. The van der Waals surface area contributed by atoms with Crippen molar-refractivity contribution in [3.8, 4) is 0 Å². The summed E-state index contributed by atoms with van der Waals surface area (Å²) in [7, 11) is 1.35. The van der Waals surface area contributed by atoms with Crippen LogP contribution >= 0.6 is 0 Å². The Bertz CT molecular complexity index is 590. The summed E-state index contributed by atoms with van der Waals surface area (Å²) in [6, 6.07) is 5.36. The molecular weight excluding hydrogens is 258 g/mol. The zero-order valence-corrected chi connectivity index (χ0v) is 11.8. The molecule has 1 fully saturated rings. The highest BCUT2D eigenvalue weighted by Gasteiger charge is 2.48. The SMILES string of the molecule is COC(=O)c1ccc2c(c1)N(C1COC1)C(=O)C2(C)C. The van der Waals surface area contributed by atoms with Crippen molar-refractivity contribution in [2.45, 2.75) is 25.3 Å². The number of amides is 1. The topological polar surface area (TPSA) is 55.8 Å². The number of ether oxygens (including phenoxy) is 2. The Morgan fingerprint density at radius 3 is 2.65 bits per heavy atom. The Hall–Kier alpha value is -1.88. The normalized spacial score (nSPS) is 20.6. The second-order valence-corrected chi connectivity index (χ2v) is 5.71. The Labute approximate surface area is 117 Å². The molecule has 1 aromatic rings. The third kappa shape index (κ3) is 1.66. The molecule has 2 aliphatic rings. The van der Waals surface area contributed by atoms with Crippen molar-refractivity contribution in [2.75, 3.05) is 25.2 Å². The van der Waals surface area contributed by atoms with Gasteiger partial charge >= 0.3 is 5.97 Å². The fraction of sp³-hybridized carbons (Fsp3) is 0.467. The fourth-order valence-corrected chi connectivity index (χ4v) is 2.76. The van der Waals surface area contributed by atoms with Gasteiger partial charge in [0, 0.05) is 5.69 Å². The lowest BCUT2D eigenvalue weighted by molar-refractivity contribution is -0.124. The van der Waals surface area contributed by atoms with Gasteiger partial charge in [-0.15, -0.1) is 0 Å². The van der Waals surface area contributed by atoms with Crippen LogP contribution in [-0.2, 0) is 19.7 Å². The van der Waals surface area contributed by atoms with Crippen LogP contribution in [0.25, 0.3) is 0 Å². The molecule has 0 spiro atoms. The van der Waals surface area contributed by atoms with Gasteiger partial charge in [0.1, 0.15) is 0 Å². The van der Waals surface area contributed by atoms with E-state index in [4.69, 9.17) is 9.47 Å². The summed E-state index contributed by atoms with van der Waals surface area (Å²) >= 11 is 0. The van der Waals surface area contributed by atoms with Crippen molar-refractivity contribution in [2.24, 2.45) is 0 Å². The zero-order valence-electron chi connectivity index (χ0n) is 11.8. The molecule has 0 aromatic heterocycles. The molecule has 1 saturated heterocycles. The van der Waals surface area contributed by atoms with Crippen molar-refractivity contribution < 1.29 is 19.1 Å². The molecule has 0 radical (unpaired) electrons. The molecule has 5 heteroatoms. The molecule has 1 aromatic carbocycles. The second kappa shape index (κ2) is 4.31. The van der Waals surface area contributed by atoms with E-state index in [9.17, 15) is 9.59 Å². The average Bonchev–Trinajstić information content (AvgIpc) is 2.57. The number of hydrogen-bond donors (Lipinski definition) is 0. The Kier molecular flexibility index (Phi) is 2.83. The molecule has 0 saturated carbocycles. The highest BCUT2D eigenvalue weighted by molar-refractivity contribution is 6.09. The van der Waals surface area contributed by atoms with Gasteiger partial charge in [-0.3, -0.25) is 4.79 Å². The van der Waals surface area contributed by atoms with Crippen LogP contribution in [0.3, 0.4) is 0 Å². The van der Waals surface area contributed by atoms with E-state index in [2.05, 4.69) is 0 Å². The molecule has 2 heterocycles. The maximum Gasteiger partial charge on any atom is 0.337 e. The number of benzene rings is 1. The van der Waals surface area contributed by atoms with E-state index in [0.717, 1.165) is 11.3 Å². The van der Waals surface area contributed by atoms with Gasteiger partial charge < -0.3 is 14.4 Å². The molecule has 106 valence electrons. The van der Waals surface area contributed by atoms with E-state index in [1.54, 1.807) is 17.0 Å². The lowest BCUT2D eigenvalue weighted by Crippen LogP contribution is -2.52. The smallest absolute Gasteiger partial charge is 0.337 e. The minimum Gasteiger partial charge on any atom is -0.465 e. The largest absolute Gasteiger partial charge is 0.465 e. The van der Waals surface area contributed by atoms with Crippen LogP contribution in [-0.4, -0.2) is 38.2 Å². The summed E-state index contributed by atoms with van der Waals surface area (Å²) in [6.07, 6.45) is 0. The standard InChI is InChI=1S/C15H17NO4/c1-15(2)11-5-4-9(13(17)19-3)6-12(11)16(14(15)18)10-7-20-8-10/h4-6,10H,7-8H2,1-3H3. The first kappa shape index (κ1) is 13.1. The molecule has 0 bridgehead atoms. The lowest BCUT2D eigenvalue weighted by Gasteiger charge is -2.35. The molecule has 1 amide bonds. The van der Waals surface area contributed by atoms with Gasteiger partial charge in [-0.1, -0.05) is 6.07 Å². The molecule has 2 aliphatic heterocycles. The van der Waals surface area contributed by atoms with Gasteiger partial charge in [0.05, 0.1) is 37.3 Å². The number of rotatable bonds is 2. The quantitative estimate of drug-likeness (QED) is 0.767. The van der Waals surface area contributed by atoms with Crippen molar-refractivity contribution in [1.82, 2.24) is 0 Å². The van der Waals surface area contributed by atoms with Crippen LogP contribution in [0.5, 0.6) is 0 Å². The van der Waals surface area contributed by atoms with Gasteiger partial charge in [-0.25, -0.2) is 4.79 Å². The number of anilines is 1. The molecule has 0 atom stereocenters. The van der Waals surface area contributed by atoms with Crippen LogP contribution in [0, 0.1) is 0 Å². The van der Waals surface area contributed by atoms with E-state index in [0.29, 0.717) is 18.8 Å². The fourth-order valence-electron chi connectivity index (χ4n) is 2.76. The van der Waals surface area contributed by atoms with Crippen LogP contribution in [0.4, 0.5) is 5.69 Å². The van der Waals surface area contributed by atoms with Gasteiger partial charge in [0.2, 0.25) is 5.91 Å². The molecule has 0 aliphatic carbocycles. The summed E-state index contributed by atoms with van der Waals surface area (Å²) in [5.41, 5.74) is 1.64. The number of carbonyl (C=O) groups excluding carboxylic acids is 2. The minimum absolute atomic E-state index is 0.0582. The number of methoxy groups -OCH3 is 1. The van der Waals surface area contributed by atoms with Crippen molar-refractivity contribution in [3.63, 3.8) is 0 Å².